The number of likely N-dealkylation sites (N-methyl/N-ethyl adjacent to an activating group) is 1. The number of ether oxygens (including phenoxy) is 1. The van der Waals surface area contributed by atoms with Crippen LogP contribution >= 0.6 is 0 Å². The van der Waals surface area contributed by atoms with Crippen LogP contribution in [-0.2, 0) is 11.2 Å². The van der Waals surface area contributed by atoms with E-state index in [1.165, 1.54) is 0 Å². The molecule has 0 bridgehead atoms. The molecule has 1 saturated heterocycles. The Morgan fingerprint density at radius 1 is 1.30 bits per heavy atom. The van der Waals surface area contributed by atoms with Crippen LogP contribution in [0.4, 0.5) is 0 Å². The summed E-state index contributed by atoms with van der Waals surface area (Å²) in [4.78, 5) is 16.6. The number of piperazine rings is 1. The molecule has 110 valence electrons. The molecule has 0 aliphatic carbocycles. The first kappa shape index (κ1) is 14.9. The normalized spacial score (nSPS) is 19.9. The summed E-state index contributed by atoms with van der Waals surface area (Å²) in [5.74, 6) is 1.08. The zero-order valence-electron chi connectivity index (χ0n) is 12.6. The molecule has 0 saturated carbocycles. The molecule has 1 aliphatic rings. The van der Waals surface area contributed by atoms with Crippen LogP contribution in [0, 0.1) is 0 Å². The van der Waals surface area contributed by atoms with Crippen molar-refractivity contribution in [3.8, 4) is 5.75 Å². The highest BCUT2D eigenvalue weighted by Crippen LogP contribution is 2.15. The highest BCUT2D eigenvalue weighted by Gasteiger charge is 2.25. The lowest BCUT2D eigenvalue weighted by molar-refractivity contribution is -0.134. The fourth-order valence-electron chi connectivity index (χ4n) is 2.66. The predicted molar refractivity (Wildman–Crippen MR) is 80.0 cm³/mol. The largest absolute Gasteiger partial charge is 0.494 e. The molecule has 0 radical (unpaired) electrons. The van der Waals surface area contributed by atoms with Gasteiger partial charge in [-0.2, -0.15) is 0 Å². The van der Waals surface area contributed by atoms with Crippen LogP contribution in [0.5, 0.6) is 5.75 Å². The number of benzene rings is 1. The minimum absolute atomic E-state index is 0.217. The second kappa shape index (κ2) is 6.75. The molecule has 1 aromatic carbocycles. The lowest BCUT2D eigenvalue weighted by atomic mass is 10.1. The topological polar surface area (TPSA) is 32.8 Å². The Kier molecular flexibility index (Phi) is 5.01. The van der Waals surface area contributed by atoms with Crippen molar-refractivity contribution in [3.63, 3.8) is 0 Å². The maximum absolute atomic E-state index is 12.4. The Balaban J connectivity index is 1.93. The van der Waals surface area contributed by atoms with Crippen LogP contribution in [0.2, 0.25) is 0 Å². The van der Waals surface area contributed by atoms with Crippen LogP contribution < -0.4 is 4.74 Å². The van der Waals surface area contributed by atoms with Gasteiger partial charge in [0.25, 0.3) is 0 Å². The maximum atomic E-state index is 12.4. The van der Waals surface area contributed by atoms with Crippen LogP contribution in [0.3, 0.4) is 0 Å². The third-order valence-corrected chi connectivity index (χ3v) is 3.74. The number of rotatable bonds is 4. The Morgan fingerprint density at radius 3 is 2.60 bits per heavy atom. The van der Waals surface area contributed by atoms with Gasteiger partial charge in [-0.05, 0) is 38.6 Å². The Labute approximate surface area is 121 Å². The van der Waals surface area contributed by atoms with Gasteiger partial charge in [0.2, 0.25) is 5.91 Å². The minimum Gasteiger partial charge on any atom is -0.494 e. The second-order valence-corrected chi connectivity index (χ2v) is 5.45. The van der Waals surface area contributed by atoms with E-state index in [4.69, 9.17) is 4.74 Å². The molecular weight excluding hydrogens is 252 g/mol. The van der Waals surface area contributed by atoms with Gasteiger partial charge in [-0.15, -0.1) is 0 Å². The third-order valence-electron chi connectivity index (χ3n) is 3.74. The number of carbonyl (C=O) groups is 1. The molecule has 20 heavy (non-hydrogen) atoms. The van der Waals surface area contributed by atoms with E-state index in [0.29, 0.717) is 19.1 Å². The van der Waals surface area contributed by atoms with E-state index in [9.17, 15) is 4.79 Å². The van der Waals surface area contributed by atoms with Crippen molar-refractivity contribution in [1.29, 1.82) is 0 Å². The van der Waals surface area contributed by atoms with Crippen molar-refractivity contribution in [3.05, 3.63) is 29.8 Å². The molecule has 1 heterocycles. The first-order valence-electron chi connectivity index (χ1n) is 7.30. The van der Waals surface area contributed by atoms with Crippen molar-refractivity contribution in [1.82, 2.24) is 9.80 Å². The first-order chi connectivity index (χ1) is 9.60. The molecule has 0 aromatic heterocycles. The van der Waals surface area contributed by atoms with Gasteiger partial charge in [-0.1, -0.05) is 12.1 Å². The molecular formula is C16H24N2O2. The smallest absolute Gasteiger partial charge is 0.227 e. The molecule has 4 nitrogen and oxygen atoms in total. The van der Waals surface area contributed by atoms with E-state index in [-0.39, 0.29) is 5.91 Å². The summed E-state index contributed by atoms with van der Waals surface area (Å²) in [6.07, 6.45) is 0.473. The van der Waals surface area contributed by atoms with Gasteiger partial charge in [0.1, 0.15) is 5.75 Å². The number of hydrogen-bond acceptors (Lipinski definition) is 3. The third kappa shape index (κ3) is 3.73. The van der Waals surface area contributed by atoms with Gasteiger partial charge in [-0.25, -0.2) is 0 Å². The van der Waals surface area contributed by atoms with E-state index in [1.54, 1.807) is 0 Å². The maximum Gasteiger partial charge on any atom is 0.227 e. The molecule has 1 aromatic rings. The van der Waals surface area contributed by atoms with E-state index >= 15 is 0 Å². The summed E-state index contributed by atoms with van der Waals surface area (Å²) in [5, 5.41) is 0. The SMILES string of the molecule is CCOc1ccc(CC(=O)N2CCN(C)CC2C)cc1. The highest BCUT2D eigenvalue weighted by molar-refractivity contribution is 5.79. The van der Waals surface area contributed by atoms with Gasteiger partial charge >= 0.3 is 0 Å². The van der Waals surface area contributed by atoms with Crippen molar-refractivity contribution < 1.29 is 9.53 Å². The van der Waals surface area contributed by atoms with E-state index in [0.717, 1.165) is 30.9 Å². The second-order valence-electron chi connectivity index (χ2n) is 5.45. The average Bonchev–Trinajstić information content (AvgIpc) is 2.41. The lowest BCUT2D eigenvalue weighted by Gasteiger charge is -2.38. The van der Waals surface area contributed by atoms with E-state index in [2.05, 4.69) is 18.9 Å². The van der Waals surface area contributed by atoms with Crippen molar-refractivity contribution >= 4 is 5.91 Å². The van der Waals surface area contributed by atoms with Gasteiger partial charge < -0.3 is 14.5 Å². The van der Waals surface area contributed by atoms with E-state index in [1.807, 2.05) is 36.1 Å². The quantitative estimate of drug-likeness (QED) is 0.840. The van der Waals surface area contributed by atoms with Crippen LogP contribution in [0.25, 0.3) is 0 Å². The fraction of sp³-hybridized carbons (Fsp3) is 0.562. The summed E-state index contributed by atoms with van der Waals surface area (Å²) >= 11 is 0. The molecule has 1 atom stereocenters. The van der Waals surface area contributed by atoms with Gasteiger partial charge in [0, 0.05) is 25.7 Å². The van der Waals surface area contributed by atoms with Gasteiger partial charge in [0.15, 0.2) is 0 Å². The summed E-state index contributed by atoms with van der Waals surface area (Å²) in [5.41, 5.74) is 1.05. The van der Waals surface area contributed by atoms with Gasteiger partial charge in [-0.3, -0.25) is 4.79 Å². The zero-order chi connectivity index (χ0) is 14.5. The molecule has 0 N–H and O–H groups in total. The lowest BCUT2D eigenvalue weighted by Crippen LogP contribution is -2.53. The average molecular weight is 276 g/mol. The molecule has 1 fully saturated rings. The Hall–Kier alpha value is -1.55. The summed E-state index contributed by atoms with van der Waals surface area (Å²) in [7, 11) is 2.10. The van der Waals surface area contributed by atoms with Crippen LogP contribution in [0.1, 0.15) is 19.4 Å². The Morgan fingerprint density at radius 2 is 2.00 bits per heavy atom. The monoisotopic (exact) mass is 276 g/mol. The molecule has 1 unspecified atom stereocenters. The number of amides is 1. The molecule has 2 rings (SSSR count). The first-order valence-corrected chi connectivity index (χ1v) is 7.30. The van der Waals surface area contributed by atoms with Gasteiger partial charge in [0.05, 0.1) is 13.0 Å². The number of carbonyl (C=O) groups excluding carboxylic acids is 1. The van der Waals surface area contributed by atoms with E-state index < -0.39 is 0 Å². The summed E-state index contributed by atoms with van der Waals surface area (Å²) < 4.78 is 5.41. The number of nitrogens with zero attached hydrogens (tertiary/aromatic N) is 2. The Bertz CT molecular complexity index is 444. The van der Waals surface area contributed by atoms with Crippen molar-refractivity contribution in [2.24, 2.45) is 0 Å². The molecule has 1 amide bonds. The molecule has 0 spiro atoms. The minimum atomic E-state index is 0.217. The van der Waals surface area contributed by atoms with Crippen molar-refractivity contribution in [2.45, 2.75) is 26.3 Å². The number of hydrogen-bond donors (Lipinski definition) is 0. The standard InChI is InChI=1S/C16H24N2O2/c1-4-20-15-7-5-14(6-8-15)11-16(19)18-10-9-17(3)12-13(18)2/h5-8,13H,4,9-12H2,1-3H3. The molecule has 1 aliphatic heterocycles. The van der Waals surface area contributed by atoms with Crippen molar-refractivity contribution in [2.75, 3.05) is 33.3 Å². The van der Waals surface area contributed by atoms with Crippen LogP contribution in [-0.4, -0.2) is 55.0 Å². The predicted octanol–water partition coefficient (Wildman–Crippen LogP) is 1.79. The summed E-state index contributed by atoms with van der Waals surface area (Å²) in [6.45, 7) is 7.48. The zero-order valence-corrected chi connectivity index (χ0v) is 12.6. The fourth-order valence-corrected chi connectivity index (χ4v) is 2.66. The summed E-state index contributed by atoms with van der Waals surface area (Å²) in [6, 6.07) is 8.11. The highest BCUT2D eigenvalue weighted by atomic mass is 16.5. The van der Waals surface area contributed by atoms with Crippen LogP contribution in [0.15, 0.2) is 24.3 Å². The molecule has 4 heteroatoms.